The zero-order valence-corrected chi connectivity index (χ0v) is 4.68. The van der Waals surface area contributed by atoms with Crippen molar-refractivity contribution in [1.82, 2.24) is 5.06 Å². The quantitative estimate of drug-likeness (QED) is 0.331. The topological polar surface area (TPSA) is 29.5 Å². The summed E-state index contributed by atoms with van der Waals surface area (Å²) in [5.41, 5.74) is 0. The highest BCUT2D eigenvalue weighted by Gasteiger charge is 2.22. The Morgan fingerprint density at radius 1 is 1.86 bits per heavy atom. The first-order chi connectivity index (χ1) is 3.34. The van der Waals surface area contributed by atoms with E-state index >= 15 is 0 Å². The summed E-state index contributed by atoms with van der Waals surface area (Å²) in [5, 5.41) is 1.25. The molecule has 0 bridgehead atoms. The van der Waals surface area contributed by atoms with Crippen molar-refractivity contribution in [1.29, 1.82) is 0 Å². The Kier molecular flexibility index (Phi) is 1.12. The molecule has 1 heterocycles. The Morgan fingerprint density at radius 2 is 2.57 bits per heavy atom. The minimum atomic E-state index is 0.0370. The fourth-order valence-corrected chi connectivity index (χ4v) is 0.584. The molecule has 1 aliphatic heterocycles. The van der Waals surface area contributed by atoms with Gasteiger partial charge in [0.05, 0.1) is 6.54 Å². The number of amides is 1. The van der Waals surface area contributed by atoms with Gasteiger partial charge in [0.15, 0.2) is 0 Å². The van der Waals surface area contributed by atoms with Gasteiger partial charge in [-0.15, -0.1) is 0 Å². The van der Waals surface area contributed by atoms with E-state index in [-0.39, 0.29) is 5.91 Å². The van der Waals surface area contributed by atoms with E-state index in [9.17, 15) is 4.79 Å². The summed E-state index contributed by atoms with van der Waals surface area (Å²) in [5.74, 6) is 0.0370. The predicted octanol–water partition coefficient (Wildman–Crippen LogP) is -0.766. The summed E-state index contributed by atoms with van der Waals surface area (Å²) in [7, 11) is 2.72. The van der Waals surface area contributed by atoms with Crippen molar-refractivity contribution in [2.45, 2.75) is 6.42 Å². The van der Waals surface area contributed by atoms with E-state index in [2.05, 4.69) is 15.0 Å². The van der Waals surface area contributed by atoms with Crippen LogP contribution in [-0.2, 0) is 9.32 Å². The van der Waals surface area contributed by atoms with Crippen LogP contribution in [0.3, 0.4) is 0 Å². The molecule has 0 atom stereocenters. The highest BCUT2D eigenvalue weighted by Crippen LogP contribution is 2.05. The van der Waals surface area contributed by atoms with Crippen molar-refractivity contribution >= 4 is 16.4 Å². The fourth-order valence-electron chi connectivity index (χ4n) is 0.391. The third-order valence-electron chi connectivity index (χ3n) is 0.917. The van der Waals surface area contributed by atoms with E-state index in [1.54, 1.807) is 0 Å². The molecular formula is C3H4NO2Si. The van der Waals surface area contributed by atoms with Gasteiger partial charge in [-0.2, -0.15) is 0 Å². The average Bonchev–Trinajstić information content (AvgIpc) is 1.65. The molecule has 0 unspecified atom stereocenters. The Bertz CT molecular complexity index is 92.9. The Hall–Kier alpha value is -0.353. The van der Waals surface area contributed by atoms with E-state index in [1.807, 2.05) is 0 Å². The van der Waals surface area contributed by atoms with E-state index in [4.69, 9.17) is 0 Å². The van der Waals surface area contributed by atoms with Crippen molar-refractivity contribution in [2.24, 2.45) is 0 Å². The van der Waals surface area contributed by atoms with Crippen LogP contribution in [0.1, 0.15) is 6.42 Å². The molecule has 0 aromatic rings. The SMILES string of the molecule is O=C1CCN1O[Si]. The lowest BCUT2D eigenvalue weighted by molar-refractivity contribution is -0.173. The van der Waals surface area contributed by atoms with Crippen LogP contribution in [0, 0.1) is 0 Å². The lowest BCUT2D eigenvalue weighted by Gasteiger charge is -2.27. The molecule has 1 saturated heterocycles. The van der Waals surface area contributed by atoms with Crippen LogP contribution in [-0.4, -0.2) is 28.0 Å². The van der Waals surface area contributed by atoms with Gasteiger partial charge >= 0.3 is 0 Å². The summed E-state index contributed by atoms with van der Waals surface area (Å²) in [6.45, 7) is 0.711. The van der Waals surface area contributed by atoms with Crippen LogP contribution in [0.15, 0.2) is 0 Å². The maximum atomic E-state index is 10.2. The van der Waals surface area contributed by atoms with Gasteiger partial charge in [0.1, 0.15) is 0 Å². The van der Waals surface area contributed by atoms with Gasteiger partial charge < -0.3 is 4.53 Å². The van der Waals surface area contributed by atoms with E-state index in [1.165, 1.54) is 5.06 Å². The highest BCUT2D eigenvalue weighted by atomic mass is 28.2. The first kappa shape index (κ1) is 4.80. The monoisotopic (exact) mass is 114 g/mol. The highest BCUT2D eigenvalue weighted by molar-refractivity contribution is 5.99. The van der Waals surface area contributed by atoms with Gasteiger partial charge in [-0.25, -0.2) is 5.06 Å². The zero-order valence-electron chi connectivity index (χ0n) is 3.68. The first-order valence-corrected chi connectivity index (χ1v) is 2.39. The maximum Gasteiger partial charge on any atom is 0.291 e. The van der Waals surface area contributed by atoms with Gasteiger partial charge in [0.2, 0.25) is 5.91 Å². The molecule has 3 nitrogen and oxygen atoms in total. The van der Waals surface area contributed by atoms with Gasteiger partial charge in [-0.3, -0.25) is 4.79 Å². The Balaban J connectivity index is 2.29. The molecule has 0 aromatic carbocycles. The third-order valence-corrected chi connectivity index (χ3v) is 1.14. The van der Waals surface area contributed by atoms with E-state index in [0.717, 1.165) is 0 Å². The Morgan fingerprint density at radius 3 is 2.57 bits per heavy atom. The molecular weight excluding hydrogens is 110 g/mol. The molecule has 0 N–H and O–H groups in total. The minimum absolute atomic E-state index is 0.0370. The van der Waals surface area contributed by atoms with Crippen molar-refractivity contribution in [2.75, 3.05) is 6.54 Å². The smallest absolute Gasteiger partial charge is 0.291 e. The third kappa shape index (κ3) is 0.663. The fraction of sp³-hybridized carbons (Fsp3) is 0.667. The molecule has 0 saturated carbocycles. The average molecular weight is 114 g/mol. The molecule has 1 fully saturated rings. The largest absolute Gasteiger partial charge is 0.319 e. The van der Waals surface area contributed by atoms with Crippen LogP contribution >= 0.6 is 0 Å². The lowest BCUT2D eigenvalue weighted by Crippen LogP contribution is -2.42. The number of nitrogens with zero attached hydrogens (tertiary/aromatic N) is 1. The lowest BCUT2D eigenvalue weighted by atomic mass is 10.3. The molecule has 1 rings (SSSR count). The van der Waals surface area contributed by atoms with Gasteiger partial charge in [-0.1, -0.05) is 0 Å². The van der Waals surface area contributed by atoms with Crippen LogP contribution in [0.2, 0.25) is 0 Å². The van der Waals surface area contributed by atoms with Crippen molar-refractivity contribution in [3.8, 4) is 0 Å². The second-order valence-corrected chi connectivity index (χ2v) is 1.52. The molecule has 4 heteroatoms. The molecule has 3 radical (unpaired) electrons. The number of rotatable bonds is 1. The standard InChI is InChI=1S/C3H4NO2Si/c5-3-1-2-4(3)6-7/h1-2H2. The summed E-state index contributed by atoms with van der Waals surface area (Å²) in [4.78, 5) is 10.2. The molecule has 1 amide bonds. The summed E-state index contributed by atoms with van der Waals surface area (Å²) >= 11 is 0. The molecule has 1 aliphatic rings. The maximum absolute atomic E-state index is 10.2. The molecule has 0 spiro atoms. The Labute approximate surface area is 44.7 Å². The van der Waals surface area contributed by atoms with Crippen LogP contribution < -0.4 is 0 Å². The molecule has 7 heavy (non-hydrogen) atoms. The molecule has 0 aliphatic carbocycles. The summed E-state index contributed by atoms with van der Waals surface area (Å²) in [6, 6.07) is 0. The second kappa shape index (κ2) is 1.63. The van der Waals surface area contributed by atoms with Gasteiger partial charge in [0.25, 0.3) is 10.5 Å². The van der Waals surface area contributed by atoms with Crippen LogP contribution in [0.4, 0.5) is 0 Å². The van der Waals surface area contributed by atoms with Gasteiger partial charge in [0, 0.05) is 6.42 Å². The molecule has 0 aromatic heterocycles. The number of hydroxylamine groups is 2. The first-order valence-electron chi connectivity index (χ1n) is 1.98. The van der Waals surface area contributed by atoms with Gasteiger partial charge in [-0.05, 0) is 0 Å². The number of hydrogen-bond acceptors (Lipinski definition) is 2. The normalized spacial score (nSPS) is 19.6. The predicted molar refractivity (Wildman–Crippen MR) is 23.2 cm³/mol. The van der Waals surface area contributed by atoms with Crippen molar-refractivity contribution in [3.63, 3.8) is 0 Å². The second-order valence-electron chi connectivity index (χ2n) is 1.34. The number of hydrogen-bond donors (Lipinski definition) is 0. The minimum Gasteiger partial charge on any atom is -0.319 e. The summed E-state index contributed by atoms with van der Waals surface area (Å²) in [6.07, 6.45) is 0.616. The number of carbonyl (C=O) groups excluding carboxylic acids is 1. The van der Waals surface area contributed by atoms with Crippen molar-refractivity contribution < 1.29 is 9.32 Å². The number of β-lactam (4-membered cyclic amide) rings is 1. The zero-order chi connectivity index (χ0) is 5.28. The van der Waals surface area contributed by atoms with Crippen molar-refractivity contribution in [3.05, 3.63) is 0 Å². The van der Waals surface area contributed by atoms with Crippen LogP contribution in [0.25, 0.3) is 0 Å². The van der Waals surface area contributed by atoms with E-state index < -0.39 is 0 Å². The van der Waals surface area contributed by atoms with Crippen LogP contribution in [0.5, 0.6) is 0 Å². The van der Waals surface area contributed by atoms with E-state index in [0.29, 0.717) is 13.0 Å². The summed E-state index contributed by atoms with van der Waals surface area (Å²) < 4.78 is 4.39. The molecule has 37 valence electrons. The number of carbonyl (C=O) groups is 1.